The third kappa shape index (κ3) is 4.35. The van der Waals surface area contributed by atoms with Crippen molar-refractivity contribution in [2.75, 3.05) is 43.1 Å². The summed E-state index contributed by atoms with van der Waals surface area (Å²) in [6.45, 7) is 6.40. The Kier molecular flexibility index (Phi) is 6.33. The number of aryl methyl sites for hydroxylation is 1. The van der Waals surface area contributed by atoms with Crippen LogP contribution in [0.25, 0.3) is 0 Å². The van der Waals surface area contributed by atoms with E-state index in [1.807, 2.05) is 23.9 Å². The summed E-state index contributed by atoms with van der Waals surface area (Å²) in [7, 11) is 0. The Morgan fingerprint density at radius 1 is 1.03 bits per heavy atom. The van der Waals surface area contributed by atoms with E-state index in [2.05, 4.69) is 41.4 Å². The Labute approximate surface area is 194 Å². The standard InChI is InChI=1S/C26H32N2O3S/c1-19-4-5-20(18-28-10-14-32-15-11-28)16-22(19)27-25(29)26(8-2-3-9-26)21-6-7-23-24(17-21)31-13-12-30-23/h4-7,16-17H,2-3,8-15,18H2,1H3,(H,27,29). The Morgan fingerprint density at radius 3 is 2.56 bits per heavy atom. The van der Waals surface area contributed by atoms with E-state index in [9.17, 15) is 4.79 Å². The molecule has 0 unspecified atom stereocenters. The lowest BCUT2D eigenvalue weighted by Crippen LogP contribution is -2.38. The minimum absolute atomic E-state index is 0.0984. The molecular weight excluding hydrogens is 420 g/mol. The molecular formula is C26H32N2O3S. The number of anilines is 1. The van der Waals surface area contributed by atoms with Gasteiger partial charge < -0.3 is 14.8 Å². The fraction of sp³-hybridized carbons (Fsp3) is 0.500. The summed E-state index contributed by atoms with van der Waals surface area (Å²) in [4.78, 5) is 16.3. The molecule has 0 spiro atoms. The Hall–Kier alpha value is -2.18. The largest absolute Gasteiger partial charge is 0.486 e. The molecule has 1 aliphatic carbocycles. The van der Waals surface area contributed by atoms with Gasteiger partial charge in [-0.3, -0.25) is 9.69 Å². The fourth-order valence-corrected chi connectivity index (χ4v) is 6.11. The first-order chi connectivity index (χ1) is 15.6. The molecule has 2 heterocycles. The van der Waals surface area contributed by atoms with Crippen molar-refractivity contribution in [1.29, 1.82) is 0 Å². The van der Waals surface area contributed by atoms with Crippen LogP contribution in [0.5, 0.6) is 11.5 Å². The first-order valence-corrected chi connectivity index (χ1v) is 12.9. The molecule has 0 aromatic heterocycles. The van der Waals surface area contributed by atoms with Crippen molar-refractivity contribution in [2.24, 2.45) is 0 Å². The number of carbonyl (C=O) groups excluding carboxylic acids is 1. The van der Waals surface area contributed by atoms with Gasteiger partial charge in [-0.15, -0.1) is 0 Å². The van der Waals surface area contributed by atoms with Crippen LogP contribution in [0, 0.1) is 6.92 Å². The lowest BCUT2D eigenvalue weighted by atomic mass is 9.77. The van der Waals surface area contributed by atoms with Gasteiger partial charge in [0.2, 0.25) is 5.91 Å². The predicted molar refractivity (Wildman–Crippen MR) is 130 cm³/mol. The number of fused-ring (bicyclic) bond motifs is 1. The van der Waals surface area contributed by atoms with Gasteiger partial charge in [0.1, 0.15) is 13.2 Å². The van der Waals surface area contributed by atoms with Crippen molar-refractivity contribution < 1.29 is 14.3 Å². The number of thioether (sulfide) groups is 1. The quantitative estimate of drug-likeness (QED) is 0.709. The molecule has 32 heavy (non-hydrogen) atoms. The molecule has 3 aliphatic rings. The maximum atomic E-state index is 13.8. The predicted octanol–water partition coefficient (Wildman–Crippen LogP) is 4.77. The number of rotatable bonds is 5. The van der Waals surface area contributed by atoms with Gasteiger partial charge in [0.25, 0.3) is 0 Å². The third-order valence-electron chi connectivity index (χ3n) is 7.05. The molecule has 1 saturated carbocycles. The van der Waals surface area contributed by atoms with Gasteiger partial charge in [-0.2, -0.15) is 11.8 Å². The number of ether oxygens (including phenoxy) is 2. The zero-order valence-corrected chi connectivity index (χ0v) is 19.6. The smallest absolute Gasteiger partial charge is 0.235 e. The van der Waals surface area contributed by atoms with E-state index >= 15 is 0 Å². The lowest BCUT2D eigenvalue weighted by molar-refractivity contribution is -0.121. The second-order valence-corrected chi connectivity index (χ2v) is 10.4. The summed E-state index contributed by atoms with van der Waals surface area (Å²) >= 11 is 2.03. The van der Waals surface area contributed by atoms with Gasteiger partial charge in [0.15, 0.2) is 11.5 Å². The molecule has 2 aliphatic heterocycles. The van der Waals surface area contributed by atoms with Crippen LogP contribution >= 0.6 is 11.8 Å². The highest BCUT2D eigenvalue weighted by Gasteiger charge is 2.43. The fourth-order valence-electron chi connectivity index (χ4n) is 5.13. The lowest BCUT2D eigenvalue weighted by Gasteiger charge is -2.30. The van der Waals surface area contributed by atoms with E-state index in [1.54, 1.807) is 0 Å². The van der Waals surface area contributed by atoms with Crippen LogP contribution in [0.1, 0.15) is 42.4 Å². The molecule has 5 rings (SSSR count). The summed E-state index contributed by atoms with van der Waals surface area (Å²) in [5.74, 6) is 4.03. The van der Waals surface area contributed by atoms with Crippen LogP contribution in [0.4, 0.5) is 5.69 Å². The second kappa shape index (κ2) is 9.36. The maximum Gasteiger partial charge on any atom is 0.235 e. The molecule has 1 amide bonds. The van der Waals surface area contributed by atoms with E-state index in [0.29, 0.717) is 13.2 Å². The maximum absolute atomic E-state index is 13.8. The van der Waals surface area contributed by atoms with Crippen molar-refractivity contribution in [2.45, 2.75) is 44.6 Å². The number of nitrogens with zero attached hydrogens (tertiary/aromatic N) is 1. The number of amides is 1. The highest BCUT2D eigenvalue weighted by Crippen LogP contribution is 2.45. The van der Waals surface area contributed by atoms with Gasteiger partial charge in [-0.05, 0) is 54.7 Å². The van der Waals surface area contributed by atoms with Crippen molar-refractivity contribution >= 4 is 23.4 Å². The molecule has 5 nitrogen and oxygen atoms in total. The molecule has 0 atom stereocenters. The first-order valence-electron chi connectivity index (χ1n) is 11.8. The molecule has 0 radical (unpaired) electrons. The van der Waals surface area contributed by atoms with Crippen LogP contribution in [0.15, 0.2) is 36.4 Å². The van der Waals surface area contributed by atoms with Gasteiger partial charge >= 0.3 is 0 Å². The van der Waals surface area contributed by atoms with E-state index in [-0.39, 0.29) is 5.91 Å². The minimum Gasteiger partial charge on any atom is -0.486 e. The normalized spacial score (nSPS) is 20.2. The topological polar surface area (TPSA) is 50.8 Å². The molecule has 2 aromatic carbocycles. The Morgan fingerprint density at radius 2 is 1.78 bits per heavy atom. The summed E-state index contributed by atoms with van der Waals surface area (Å²) in [5, 5.41) is 3.32. The summed E-state index contributed by atoms with van der Waals surface area (Å²) in [6, 6.07) is 12.5. The molecule has 1 saturated heterocycles. The van der Waals surface area contributed by atoms with Crippen molar-refractivity contribution in [3.05, 3.63) is 53.1 Å². The Balaban J connectivity index is 1.38. The van der Waals surface area contributed by atoms with E-state index in [1.165, 1.54) is 17.1 Å². The first kappa shape index (κ1) is 21.7. The molecule has 1 N–H and O–H groups in total. The van der Waals surface area contributed by atoms with Crippen LogP contribution in [0.2, 0.25) is 0 Å². The Bertz CT molecular complexity index is 981. The van der Waals surface area contributed by atoms with Gasteiger partial charge in [0.05, 0.1) is 5.41 Å². The second-order valence-electron chi connectivity index (χ2n) is 9.14. The average molecular weight is 453 g/mol. The third-order valence-corrected chi connectivity index (χ3v) is 7.99. The van der Waals surface area contributed by atoms with Gasteiger partial charge in [-0.1, -0.05) is 31.0 Å². The summed E-state index contributed by atoms with van der Waals surface area (Å²) < 4.78 is 11.5. The SMILES string of the molecule is Cc1ccc(CN2CCSCC2)cc1NC(=O)C1(c2ccc3c(c2)OCCO3)CCCC1. The van der Waals surface area contributed by atoms with Crippen LogP contribution in [-0.4, -0.2) is 48.6 Å². The van der Waals surface area contributed by atoms with Crippen molar-refractivity contribution in [3.63, 3.8) is 0 Å². The van der Waals surface area contributed by atoms with Crippen molar-refractivity contribution in [1.82, 2.24) is 4.90 Å². The molecule has 2 fully saturated rings. The average Bonchev–Trinajstić information content (AvgIpc) is 3.33. The number of hydrogen-bond donors (Lipinski definition) is 1. The molecule has 0 bridgehead atoms. The summed E-state index contributed by atoms with van der Waals surface area (Å²) in [6.07, 6.45) is 3.85. The van der Waals surface area contributed by atoms with Gasteiger partial charge in [0, 0.05) is 36.8 Å². The van der Waals surface area contributed by atoms with E-state index < -0.39 is 5.41 Å². The van der Waals surface area contributed by atoms with Crippen LogP contribution in [0.3, 0.4) is 0 Å². The van der Waals surface area contributed by atoms with Crippen molar-refractivity contribution in [3.8, 4) is 11.5 Å². The molecule has 6 heteroatoms. The molecule has 170 valence electrons. The number of carbonyl (C=O) groups is 1. The highest BCUT2D eigenvalue weighted by molar-refractivity contribution is 7.99. The number of hydrogen-bond acceptors (Lipinski definition) is 5. The minimum atomic E-state index is -0.512. The van der Waals surface area contributed by atoms with E-state index in [0.717, 1.165) is 73.6 Å². The summed E-state index contributed by atoms with van der Waals surface area (Å²) in [5.41, 5.74) is 3.82. The van der Waals surface area contributed by atoms with Crippen LogP contribution in [-0.2, 0) is 16.8 Å². The highest BCUT2D eigenvalue weighted by atomic mass is 32.2. The van der Waals surface area contributed by atoms with Crippen LogP contribution < -0.4 is 14.8 Å². The zero-order chi connectivity index (χ0) is 22.0. The molecule has 2 aromatic rings. The zero-order valence-electron chi connectivity index (χ0n) is 18.8. The van der Waals surface area contributed by atoms with E-state index in [4.69, 9.17) is 9.47 Å². The number of benzene rings is 2. The van der Waals surface area contributed by atoms with Gasteiger partial charge in [-0.25, -0.2) is 0 Å². The monoisotopic (exact) mass is 452 g/mol. The number of nitrogens with one attached hydrogen (secondary N) is 1.